The van der Waals surface area contributed by atoms with Crippen molar-refractivity contribution >= 4 is 23.1 Å². The molecule has 2 nitrogen and oxygen atoms in total. The van der Waals surface area contributed by atoms with E-state index in [1.807, 2.05) is 6.07 Å². The molecule has 68 valence electrons. The maximum Gasteiger partial charge on any atom is 0.174 e. The first kappa shape index (κ1) is 9.86. The molecule has 1 rings (SSSR count). The third-order valence-corrected chi connectivity index (χ3v) is 2.18. The molecule has 1 N–H and O–H groups in total. The third-order valence-electron chi connectivity index (χ3n) is 1.82. The zero-order valence-corrected chi connectivity index (χ0v) is 8.04. The van der Waals surface area contributed by atoms with Crippen molar-refractivity contribution in [3.05, 3.63) is 35.9 Å². The van der Waals surface area contributed by atoms with E-state index in [1.54, 1.807) is 31.2 Å². The van der Waals surface area contributed by atoms with E-state index in [0.717, 1.165) is 0 Å². The number of ketones is 1. The van der Waals surface area contributed by atoms with E-state index in [4.69, 9.17) is 5.11 Å². The molecule has 1 aromatic carbocycles. The number of aliphatic hydroxyl groups is 1. The maximum atomic E-state index is 11.5. The average Bonchev–Trinajstić information content (AvgIpc) is 2.17. The molecular weight excluding hydrogens is 184 g/mol. The molecule has 0 fully saturated rings. The first-order chi connectivity index (χ1) is 6.13. The Morgan fingerprint density at radius 3 is 2.38 bits per heavy atom. The fraction of sp³-hybridized carbons (Fsp3) is 0.200. The Bertz CT molecular complexity index is 319. The van der Waals surface area contributed by atoms with E-state index in [9.17, 15) is 4.79 Å². The van der Waals surface area contributed by atoms with Gasteiger partial charge in [0.15, 0.2) is 10.8 Å². The molecule has 0 amide bonds. The van der Waals surface area contributed by atoms with E-state index in [0.29, 0.717) is 5.56 Å². The van der Waals surface area contributed by atoms with Gasteiger partial charge in [0.05, 0.1) is 5.92 Å². The third kappa shape index (κ3) is 2.36. The smallest absolute Gasteiger partial charge is 0.174 e. The van der Waals surface area contributed by atoms with Crippen LogP contribution in [0.2, 0.25) is 0 Å². The Labute approximate surface area is 82.2 Å². The lowest BCUT2D eigenvalue weighted by Gasteiger charge is -2.06. The lowest BCUT2D eigenvalue weighted by molar-refractivity contribution is 0.0956. The standard InChI is InChI=1S/C10H10O2S/c1-7(10(12)13)9(11)8-5-3-2-4-6-8/h2-7H,1H3,(H,12,13)/t7-/m1/s1. The van der Waals surface area contributed by atoms with Gasteiger partial charge >= 0.3 is 0 Å². The van der Waals surface area contributed by atoms with Gasteiger partial charge in [0.2, 0.25) is 0 Å². The van der Waals surface area contributed by atoms with Crippen LogP contribution in [0.4, 0.5) is 0 Å². The van der Waals surface area contributed by atoms with Crippen LogP contribution >= 0.6 is 12.2 Å². The summed E-state index contributed by atoms with van der Waals surface area (Å²) in [5, 5.41) is 8.71. The fourth-order valence-corrected chi connectivity index (χ4v) is 1.07. The summed E-state index contributed by atoms with van der Waals surface area (Å²) in [4.78, 5) is 11.5. The van der Waals surface area contributed by atoms with Gasteiger partial charge < -0.3 is 5.11 Å². The van der Waals surface area contributed by atoms with Crippen molar-refractivity contribution in [2.24, 2.45) is 5.92 Å². The minimum absolute atomic E-state index is 0.145. The summed E-state index contributed by atoms with van der Waals surface area (Å²) in [6.07, 6.45) is 0. The highest BCUT2D eigenvalue weighted by Crippen LogP contribution is 2.09. The van der Waals surface area contributed by atoms with Gasteiger partial charge in [-0.15, -0.1) is 0 Å². The largest absolute Gasteiger partial charge is 0.501 e. The second-order valence-electron chi connectivity index (χ2n) is 2.79. The van der Waals surface area contributed by atoms with Gasteiger partial charge in [-0.1, -0.05) is 30.3 Å². The summed E-state index contributed by atoms with van der Waals surface area (Å²) in [5.41, 5.74) is 0.575. The Kier molecular flexibility index (Phi) is 3.14. The lowest BCUT2D eigenvalue weighted by Crippen LogP contribution is -2.18. The van der Waals surface area contributed by atoms with E-state index in [1.165, 1.54) is 0 Å². The van der Waals surface area contributed by atoms with Crippen LogP contribution in [0.5, 0.6) is 0 Å². The molecule has 13 heavy (non-hydrogen) atoms. The predicted molar refractivity (Wildman–Crippen MR) is 55.2 cm³/mol. The van der Waals surface area contributed by atoms with Crippen molar-refractivity contribution in [1.82, 2.24) is 0 Å². The molecule has 0 aliphatic carbocycles. The lowest BCUT2D eigenvalue weighted by atomic mass is 10.0. The van der Waals surface area contributed by atoms with Crippen molar-refractivity contribution in [1.29, 1.82) is 0 Å². The topological polar surface area (TPSA) is 37.3 Å². The van der Waals surface area contributed by atoms with Gasteiger partial charge in [0.1, 0.15) is 0 Å². The fourth-order valence-electron chi connectivity index (χ4n) is 0.965. The van der Waals surface area contributed by atoms with Crippen LogP contribution in [0.1, 0.15) is 17.3 Å². The van der Waals surface area contributed by atoms with Gasteiger partial charge in [0, 0.05) is 5.56 Å². The Morgan fingerprint density at radius 2 is 1.92 bits per heavy atom. The number of thiocarbonyl (C=S) groups is 1. The normalized spacial score (nSPS) is 12.1. The van der Waals surface area contributed by atoms with Crippen LogP contribution in [0.3, 0.4) is 0 Å². The predicted octanol–water partition coefficient (Wildman–Crippen LogP) is 2.39. The molecule has 1 atom stereocenters. The van der Waals surface area contributed by atoms with Crippen LogP contribution in [-0.4, -0.2) is 15.9 Å². The summed E-state index contributed by atoms with van der Waals surface area (Å²) >= 11 is 4.53. The van der Waals surface area contributed by atoms with Crippen molar-refractivity contribution in [3.63, 3.8) is 0 Å². The Hall–Kier alpha value is -1.22. The molecule has 0 saturated heterocycles. The monoisotopic (exact) mass is 194 g/mol. The van der Waals surface area contributed by atoms with Gasteiger partial charge in [-0.3, -0.25) is 4.79 Å². The SMILES string of the molecule is C[C@H](C(=O)c1ccccc1)C(O)=S. The summed E-state index contributed by atoms with van der Waals surface area (Å²) in [5.74, 6) is -0.745. The summed E-state index contributed by atoms with van der Waals surface area (Å²) in [6.45, 7) is 1.59. The van der Waals surface area contributed by atoms with Gasteiger partial charge in [0.25, 0.3) is 0 Å². The van der Waals surface area contributed by atoms with Crippen molar-refractivity contribution in [2.75, 3.05) is 0 Å². The number of rotatable bonds is 3. The minimum atomic E-state index is -0.600. The number of carbonyl (C=O) groups is 1. The number of Topliss-reactive ketones (excluding diaryl/α,β-unsaturated/α-hetero) is 1. The van der Waals surface area contributed by atoms with Crippen LogP contribution < -0.4 is 0 Å². The van der Waals surface area contributed by atoms with Gasteiger partial charge in [-0.05, 0) is 19.1 Å². The van der Waals surface area contributed by atoms with Gasteiger partial charge in [-0.2, -0.15) is 0 Å². The Morgan fingerprint density at radius 1 is 1.38 bits per heavy atom. The minimum Gasteiger partial charge on any atom is -0.501 e. The summed E-state index contributed by atoms with van der Waals surface area (Å²) < 4.78 is 0. The average molecular weight is 194 g/mol. The number of hydrogen-bond acceptors (Lipinski definition) is 2. The maximum absolute atomic E-state index is 11.5. The highest BCUT2D eigenvalue weighted by atomic mass is 32.1. The molecular formula is C10H10O2S. The number of benzene rings is 1. The van der Waals surface area contributed by atoms with E-state index < -0.39 is 5.92 Å². The first-order valence-electron chi connectivity index (χ1n) is 3.95. The van der Waals surface area contributed by atoms with E-state index in [2.05, 4.69) is 12.2 Å². The molecule has 0 heterocycles. The number of aliphatic hydroxyl groups excluding tert-OH is 1. The van der Waals surface area contributed by atoms with Crippen LogP contribution in [0.25, 0.3) is 0 Å². The second kappa shape index (κ2) is 4.14. The molecule has 0 aliphatic heterocycles. The van der Waals surface area contributed by atoms with Crippen LogP contribution in [0, 0.1) is 5.92 Å². The molecule has 0 bridgehead atoms. The van der Waals surface area contributed by atoms with Crippen LogP contribution in [0.15, 0.2) is 30.3 Å². The zero-order valence-electron chi connectivity index (χ0n) is 7.23. The molecule has 0 spiro atoms. The van der Waals surface area contributed by atoms with E-state index in [-0.39, 0.29) is 10.8 Å². The molecule has 0 saturated carbocycles. The van der Waals surface area contributed by atoms with Crippen molar-refractivity contribution in [2.45, 2.75) is 6.92 Å². The van der Waals surface area contributed by atoms with Crippen LogP contribution in [-0.2, 0) is 0 Å². The summed E-state index contributed by atoms with van der Waals surface area (Å²) in [6, 6.07) is 8.80. The van der Waals surface area contributed by atoms with Gasteiger partial charge in [-0.25, -0.2) is 0 Å². The second-order valence-corrected chi connectivity index (χ2v) is 3.21. The molecule has 0 radical (unpaired) electrons. The van der Waals surface area contributed by atoms with Crippen molar-refractivity contribution < 1.29 is 9.90 Å². The quantitative estimate of drug-likeness (QED) is 0.593. The molecule has 0 unspecified atom stereocenters. The number of hydrogen-bond donors (Lipinski definition) is 1. The molecule has 0 aromatic heterocycles. The number of carbonyl (C=O) groups excluding carboxylic acids is 1. The first-order valence-corrected chi connectivity index (χ1v) is 4.36. The zero-order chi connectivity index (χ0) is 9.84. The molecule has 3 heteroatoms. The van der Waals surface area contributed by atoms with Crippen molar-refractivity contribution in [3.8, 4) is 0 Å². The molecule has 0 aliphatic rings. The summed E-state index contributed by atoms with van der Waals surface area (Å²) in [7, 11) is 0. The van der Waals surface area contributed by atoms with E-state index >= 15 is 0 Å². The Balaban J connectivity index is 2.86. The molecule has 1 aromatic rings. The highest BCUT2D eigenvalue weighted by Gasteiger charge is 2.18. The highest BCUT2D eigenvalue weighted by molar-refractivity contribution is 7.80.